The molecule has 0 N–H and O–H groups in total. The molecule has 0 atom stereocenters. The fraction of sp³-hybridized carbons (Fsp3) is 0.688. The third-order valence-electron chi connectivity index (χ3n) is 4.99. The van der Waals surface area contributed by atoms with Crippen molar-refractivity contribution in [2.45, 2.75) is 19.8 Å². The molecule has 4 heterocycles. The van der Waals surface area contributed by atoms with Gasteiger partial charge in [-0.2, -0.15) is 5.10 Å². The van der Waals surface area contributed by atoms with Gasteiger partial charge in [-0.05, 0) is 19.8 Å². The largest absolute Gasteiger partial charge is 0.345 e. The molecular weight excluding hydrogens is 324 g/mol. The van der Waals surface area contributed by atoms with Crippen molar-refractivity contribution in [1.29, 1.82) is 0 Å². The Hall–Kier alpha value is -1.67. The second-order valence-electron chi connectivity index (χ2n) is 6.71. The number of aryl methyl sites for hydroxylation is 2. The van der Waals surface area contributed by atoms with Crippen LogP contribution in [0.15, 0.2) is 0 Å². The van der Waals surface area contributed by atoms with Crippen molar-refractivity contribution in [3.8, 4) is 0 Å². The Balaban J connectivity index is 1.36. The SMILES string of the molecule is Cc1nn(C)c2nc(N3CCN(CC(=O)N4CCCC4)CC3)sc12. The van der Waals surface area contributed by atoms with Gasteiger partial charge in [0.25, 0.3) is 0 Å². The molecule has 2 aliphatic heterocycles. The van der Waals surface area contributed by atoms with Crippen molar-refractivity contribution in [1.82, 2.24) is 24.6 Å². The molecule has 2 fully saturated rings. The van der Waals surface area contributed by atoms with E-state index in [2.05, 4.69) is 14.9 Å². The summed E-state index contributed by atoms with van der Waals surface area (Å²) in [4.78, 5) is 23.6. The van der Waals surface area contributed by atoms with Crippen LogP contribution < -0.4 is 4.90 Å². The van der Waals surface area contributed by atoms with Crippen molar-refractivity contribution >= 4 is 32.7 Å². The first-order valence-electron chi connectivity index (χ1n) is 8.67. The summed E-state index contributed by atoms with van der Waals surface area (Å²) in [6.07, 6.45) is 2.32. The summed E-state index contributed by atoms with van der Waals surface area (Å²) in [7, 11) is 1.95. The van der Waals surface area contributed by atoms with Gasteiger partial charge in [0.2, 0.25) is 5.91 Å². The number of thiazole rings is 1. The van der Waals surface area contributed by atoms with E-state index in [-0.39, 0.29) is 0 Å². The Morgan fingerprint density at radius 1 is 1.12 bits per heavy atom. The molecule has 0 radical (unpaired) electrons. The van der Waals surface area contributed by atoms with Gasteiger partial charge < -0.3 is 9.80 Å². The minimum Gasteiger partial charge on any atom is -0.345 e. The van der Waals surface area contributed by atoms with E-state index in [0.29, 0.717) is 12.5 Å². The molecular formula is C16H24N6OS. The molecule has 2 saturated heterocycles. The molecule has 0 spiro atoms. The fourth-order valence-electron chi connectivity index (χ4n) is 3.56. The number of likely N-dealkylation sites (tertiary alicyclic amines) is 1. The van der Waals surface area contributed by atoms with E-state index in [9.17, 15) is 4.79 Å². The van der Waals surface area contributed by atoms with Crippen molar-refractivity contribution in [2.24, 2.45) is 7.05 Å². The topological polar surface area (TPSA) is 57.5 Å². The number of nitrogens with zero attached hydrogens (tertiary/aromatic N) is 6. The highest BCUT2D eigenvalue weighted by molar-refractivity contribution is 7.22. The number of anilines is 1. The van der Waals surface area contributed by atoms with Crippen molar-refractivity contribution < 1.29 is 4.79 Å². The summed E-state index contributed by atoms with van der Waals surface area (Å²) in [6, 6.07) is 0. The molecule has 130 valence electrons. The van der Waals surface area contributed by atoms with E-state index < -0.39 is 0 Å². The van der Waals surface area contributed by atoms with Gasteiger partial charge >= 0.3 is 0 Å². The van der Waals surface area contributed by atoms with E-state index in [1.807, 2.05) is 23.6 Å². The Bertz CT molecular complexity index is 705. The third-order valence-corrected chi connectivity index (χ3v) is 6.21. The quantitative estimate of drug-likeness (QED) is 0.831. The number of hydrogen-bond acceptors (Lipinski definition) is 6. The van der Waals surface area contributed by atoms with Crippen LogP contribution in [-0.2, 0) is 11.8 Å². The zero-order valence-electron chi connectivity index (χ0n) is 14.4. The van der Waals surface area contributed by atoms with Gasteiger partial charge in [0.1, 0.15) is 0 Å². The third kappa shape index (κ3) is 2.88. The van der Waals surface area contributed by atoms with Crippen LogP contribution >= 0.6 is 11.3 Å². The summed E-state index contributed by atoms with van der Waals surface area (Å²) in [5.74, 6) is 0.294. The van der Waals surface area contributed by atoms with Gasteiger partial charge in [0.05, 0.1) is 16.9 Å². The maximum absolute atomic E-state index is 12.3. The lowest BCUT2D eigenvalue weighted by Crippen LogP contribution is -2.49. The molecule has 2 aliphatic rings. The number of carbonyl (C=O) groups is 1. The van der Waals surface area contributed by atoms with Crippen LogP contribution in [0.5, 0.6) is 0 Å². The van der Waals surface area contributed by atoms with E-state index in [1.54, 1.807) is 11.3 Å². The minimum atomic E-state index is 0.294. The first-order chi connectivity index (χ1) is 11.6. The van der Waals surface area contributed by atoms with Crippen molar-refractivity contribution in [3.05, 3.63) is 5.69 Å². The molecule has 24 heavy (non-hydrogen) atoms. The molecule has 0 unspecified atom stereocenters. The normalized spacial score (nSPS) is 19.6. The number of carbonyl (C=O) groups excluding carboxylic acids is 1. The molecule has 0 aromatic carbocycles. The van der Waals surface area contributed by atoms with E-state index in [0.717, 1.165) is 68.6 Å². The van der Waals surface area contributed by atoms with Crippen molar-refractivity contribution in [2.75, 3.05) is 50.7 Å². The van der Waals surface area contributed by atoms with Crippen LogP contribution in [0.1, 0.15) is 18.5 Å². The smallest absolute Gasteiger partial charge is 0.236 e. The Morgan fingerprint density at radius 3 is 2.50 bits per heavy atom. The van der Waals surface area contributed by atoms with Gasteiger partial charge in [-0.1, -0.05) is 11.3 Å². The van der Waals surface area contributed by atoms with Crippen LogP contribution in [0.2, 0.25) is 0 Å². The average molecular weight is 348 g/mol. The molecule has 2 aromatic rings. The van der Waals surface area contributed by atoms with Gasteiger partial charge in [-0.3, -0.25) is 9.69 Å². The second-order valence-corrected chi connectivity index (χ2v) is 7.69. The van der Waals surface area contributed by atoms with Crippen LogP contribution in [0.3, 0.4) is 0 Å². The predicted octanol–water partition coefficient (Wildman–Crippen LogP) is 1.08. The lowest BCUT2D eigenvalue weighted by Gasteiger charge is -2.34. The van der Waals surface area contributed by atoms with E-state index in [1.165, 1.54) is 4.70 Å². The minimum absolute atomic E-state index is 0.294. The maximum Gasteiger partial charge on any atom is 0.236 e. The highest BCUT2D eigenvalue weighted by Gasteiger charge is 2.25. The van der Waals surface area contributed by atoms with Crippen LogP contribution in [0.4, 0.5) is 5.13 Å². The molecule has 4 rings (SSSR count). The lowest BCUT2D eigenvalue weighted by molar-refractivity contribution is -0.131. The molecule has 1 amide bonds. The first-order valence-corrected chi connectivity index (χ1v) is 9.48. The van der Waals surface area contributed by atoms with Crippen molar-refractivity contribution in [3.63, 3.8) is 0 Å². The van der Waals surface area contributed by atoms with Gasteiger partial charge in [0.15, 0.2) is 10.8 Å². The Morgan fingerprint density at radius 2 is 1.83 bits per heavy atom. The van der Waals surface area contributed by atoms with Crippen LogP contribution in [0.25, 0.3) is 10.3 Å². The molecule has 2 aromatic heterocycles. The predicted molar refractivity (Wildman–Crippen MR) is 95.6 cm³/mol. The molecule has 0 bridgehead atoms. The number of piperazine rings is 1. The second kappa shape index (κ2) is 6.33. The van der Waals surface area contributed by atoms with Gasteiger partial charge in [-0.25, -0.2) is 9.67 Å². The molecule has 8 heteroatoms. The maximum atomic E-state index is 12.3. The number of rotatable bonds is 3. The number of fused-ring (bicyclic) bond motifs is 1. The average Bonchev–Trinajstić information content (AvgIpc) is 3.29. The zero-order valence-corrected chi connectivity index (χ0v) is 15.2. The summed E-state index contributed by atoms with van der Waals surface area (Å²) in [6.45, 7) is 8.19. The highest BCUT2D eigenvalue weighted by Crippen LogP contribution is 2.31. The first kappa shape index (κ1) is 15.8. The lowest BCUT2D eigenvalue weighted by atomic mass is 10.3. The summed E-state index contributed by atoms with van der Waals surface area (Å²) < 4.78 is 3.04. The van der Waals surface area contributed by atoms with Crippen LogP contribution in [0, 0.1) is 6.92 Å². The van der Waals surface area contributed by atoms with Crippen LogP contribution in [-0.4, -0.2) is 76.3 Å². The molecule has 7 nitrogen and oxygen atoms in total. The van der Waals surface area contributed by atoms with Gasteiger partial charge in [-0.15, -0.1) is 0 Å². The fourth-order valence-corrected chi connectivity index (χ4v) is 4.65. The Kier molecular flexibility index (Phi) is 4.17. The molecule has 0 saturated carbocycles. The van der Waals surface area contributed by atoms with Gasteiger partial charge in [0, 0.05) is 46.3 Å². The summed E-state index contributed by atoms with van der Waals surface area (Å²) >= 11 is 1.72. The number of aromatic nitrogens is 3. The monoisotopic (exact) mass is 348 g/mol. The highest BCUT2D eigenvalue weighted by atomic mass is 32.1. The number of hydrogen-bond donors (Lipinski definition) is 0. The molecule has 0 aliphatic carbocycles. The summed E-state index contributed by atoms with van der Waals surface area (Å²) in [5.41, 5.74) is 2.02. The van der Waals surface area contributed by atoms with E-state index in [4.69, 9.17) is 4.98 Å². The van der Waals surface area contributed by atoms with E-state index >= 15 is 0 Å². The number of amides is 1. The zero-order chi connectivity index (χ0) is 16.7. The summed E-state index contributed by atoms with van der Waals surface area (Å²) in [5, 5.41) is 5.49. The standard InChI is InChI=1S/C16H24N6OS/c1-12-14-15(19(2)18-12)17-16(24-14)22-9-7-20(8-10-22)11-13(23)21-5-3-4-6-21/h3-11H2,1-2H3. The Labute approximate surface area is 145 Å².